The van der Waals surface area contributed by atoms with Crippen molar-refractivity contribution in [1.82, 2.24) is 0 Å². The van der Waals surface area contributed by atoms with Crippen molar-refractivity contribution in [3.8, 4) is 0 Å². The van der Waals surface area contributed by atoms with Gasteiger partial charge in [0.2, 0.25) is 0 Å². The van der Waals surface area contributed by atoms with Crippen molar-refractivity contribution in [2.45, 2.75) is 25.7 Å². The Morgan fingerprint density at radius 3 is 2.33 bits per heavy atom. The number of nitrogens with one attached hydrogen (secondary N) is 1. The third-order valence-corrected chi connectivity index (χ3v) is 5.14. The third-order valence-electron chi connectivity index (χ3n) is 3.41. The Balaban J connectivity index is 2.45. The molecule has 112 valence electrons. The number of nitrogens with two attached hydrogens (primary N) is 1. The molecule has 0 aromatic heterocycles. The summed E-state index contributed by atoms with van der Waals surface area (Å²) in [4.78, 5) is 0.0886. The molecule has 0 radical (unpaired) electrons. The summed E-state index contributed by atoms with van der Waals surface area (Å²) >= 11 is 5.90. The Morgan fingerprint density at radius 1 is 1.05 bits per heavy atom. The summed E-state index contributed by atoms with van der Waals surface area (Å²) < 4.78 is 27.6. The Bertz CT molecular complexity index is 802. The quantitative estimate of drug-likeness (QED) is 0.846. The fourth-order valence-corrected chi connectivity index (χ4v) is 3.61. The van der Waals surface area contributed by atoms with Gasteiger partial charge in [-0.15, -0.1) is 0 Å². The molecule has 2 rings (SSSR count). The number of hydrogen-bond acceptors (Lipinski definition) is 3. The average Bonchev–Trinajstić information content (AvgIpc) is 2.37. The zero-order valence-electron chi connectivity index (χ0n) is 12.1. The number of benzene rings is 2. The molecular formula is C15H17ClN2O2S. The predicted octanol–water partition coefficient (Wildman–Crippen LogP) is 3.65. The summed E-state index contributed by atoms with van der Waals surface area (Å²) in [7, 11) is -3.73. The van der Waals surface area contributed by atoms with E-state index in [4.69, 9.17) is 17.3 Å². The van der Waals surface area contributed by atoms with E-state index in [1.165, 1.54) is 12.1 Å². The lowest BCUT2D eigenvalue weighted by molar-refractivity contribution is 0.600. The van der Waals surface area contributed by atoms with Crippen LogP contribution in [0.25, 0.3) is 0 Å². The zero-order valence-corrected chi connectivity index (χ0v) is 13.6. The van der Waals surface area contributed by atoms with Gasteiger partial charge in [-0.1, -0.05) is 17.7 Å². The highest BCUT2D eigenvalue weighted by atomic mass is 35.5. The fraction of sp³-hybridized carbons (Fsp3) is 0.200. The van der Waals surface area contributed by atoms with E-state index in [1.807, 2.05) is 19.9 Å². The van der Waals surface area contributed by atoms with Crippen LogP contribution in [0.5, 0.6) is 0 Å². The summed E-state index contributed by atoms with van der Waals surface area (Å²) in [5, 5.41) is 0.290. The summed E-state index contributed by atoms with van der Waals surface area (Å²) in [6.07, 6.45) is 0. The standard InChI is InChI=1S/C15H17ClN2O2S/c1-9-4-5-13(6-10(9)2)18-21(19,20)15-8-12(16)7-14(17)11(15)3/h4-8,18H,17H2,1-3H3. The Kier molecular flexibility index (Phi) is 4.16. The van der Waals surface area contributed by atoms with Crippen LogP contribution in [-0.2, 0) is 10.0 Å². The number of nitrogen functional groups attached to an aromatic ring is 1. The van der Waals surface area contributed by atoms with Gasteiger partial charge in [0, 0.05) is 16.4 Å². The van der Waals surface area contributed by atoms with Gasteiger partial charge in [-0.05, 0) is 61.7 Å². The first-order valence-electron chi connectivity index (χ1n) is 6.36. The molecule has 4 nitrogen and oxygen atoms in total. The summed E-state index contributed by atoms with van der Waals surface area (Å²) in [6, 6.07) is 8.31. The molecule has 3 N–H and O–H groups in total. The van der Waals surface area contributed by atoms with Crippen molar-refractivity contribution < 1.29 is 8.42 Å². The number of anilines is 2. The van der Waals surface area contributed by atoms with Crippen LogP contribution in [0.1, 0.15) is 16.7 Å². The van der Waals surface area contributed by atoms with Crippen molar-refractivity contribution >= 4 is 33.0 Å². The highest BCUT2D eigenvalue weighted by Gasteiger charge is 2.19. The lowest BCUT2D eigenvalue weighted by Gasteiger charge is -2.13. The van der Waals surface area contributed by atoms with Crippen LogP contribution in [-0.4, -0.2) is 8.42 Å². The molecule has 0 unspecified atom stereocenters. The van der Waals surface area contributed by atoms with Crippen molar-refractivity contribution in [2.75, 3.05) is 10.5 Å². The molecule has 0 fully saturated rings. The molecule has 2 aromatic carbocycles. The SMILES string of the molecule is Cc1ccc(NS(=O)(=O)c2cc(Cl)cc(N)c2C)cc1C. The average molecular weight is 325 g/mol. The van der Waals surface area contributed by atoms with Crippen LogP contribution in [0, 0.1) is 20.8 Å². The van der Waals surface area contributed by atoms with Gasteiger partial charge in [-0.25, -0.2) is 8.42 Å². The predicted molar refractivity (Wildman–Crippen MR) is 87.3 cm³/mol. The maximum Gasteiger partial charge on any atom is 0.262 e. The number of hydrogen-bond donors (Lipinski definition) is 2. The second-order valence-electron chi connectivity index (χ2n) is 5.02. The normalized spacial score (nSPS) is 11.4. The first kappa shape index (κ1) is 15.7. The molecule has 0 aliphatic rings. The van der Waals surface area contributed by atoms with E-state index in [0.29, 0.717) is 22.0 Å². The van der Waals surface area contributed by atoms with Gasteiger partial charge in [-0.2, -0.15) is 0 Å². The van der Waals surface area contributed by atoms with Crippen molar-refractivity contribution in [2.24, 2.45) is 0 Å². The number of halogens is 1. The van der Waals surface area contributed by atoms with Gasteiger partial charge in [0.25, 0.3) is 10.0 Å². The summed E-state index contributed by atoms with van der Waals surface area (Å²) in [5.74, 6) is 0. The van der Waals surface area contributed by atoms with Gasteiger partial charge in [-0.3, -0.25) is 4.72 Å². The monoisotopic (exact) mass is 324 g/mol. The molecule has 0 atom stereocenters. The van der Waals surface area contributed by atoms with E-state index in [2.05, 4.69) is 4.72 Å². The van der Waals surface area contributed by atoms with E-state index >= 15 is 0 Å². The molecule has 0 heterocycles. The van der Waals surface area contributed by atoms with E-state index in [0.717, 1.165) is 11.1 Å². The van der Waals surface area contributed by atoms with E-state index in [1.54, 1.807) is 19.1 Å². The second-order valence-corrected chi connectivity index (χ2v) is 7.11. The minimum absolute atomic E-state index is 0.0886. The van der Waals surface area contributed by atoms with E-state index in [9.17, 15) is 8.42 Å². The van der Waals surface area contributed by atoms with Gasteiger partial charge in [0.05, 0.1) is 4.90 Å². The lowest BCUT2D eigenvalue weighted by Crippen LogP contribution is -2.15. The maximum atomic E-state index is 12.5. The molecule has 0 aliphatic heterocycles. The minimum atomic E-state index is -3.73. The third kappa shape index (κ3) is 3.31. The molecule has 0 saturated heterocycles. The molecule has 2 aromatic rings. The lowest BCUT2D eigenvalue weighted by atomic mass is 10.1. The number of sulfonamides is 1. The highest BCUT2D eigenvalue weighted by Crippen LogP contribution is 2.28. The first-order valence-corrected chi connectivity index (χ1v) is 8.22. The largest absolute Gasteiger partial charge is 0.398 e. The maximum absolute atomic E-state index is 12.5. The topological polar surface area (TPSA) is 72.2 Å². The van der Waals surface area contributed by atoms with Gasteiger partial charge < -0.3 is 5.73 Å². The highest BCUT2D eigenvalue weighted by molar-refractivity contribution is 7.92. The van der Waals surface area contributed by atoms with Crippen LogP contribution < -0.4 is 10.5 Å². The van der Waals surface area contributed by atoms with Crippen molar-refractivity contribution in [3.05, 3.63) is 52.0 Å². The van der Waals surface area contributed by atoms with E-state index < -0.39 is 10.0 Å². The van der Waals surface area contributed by atoms with Crippen LogP contribution in [0.15, 0.2) is 35.2 Å². The van der Waals surface area contributed by atoms with Crippen LogP contribution in [0.3, 0.4) is 0 Å². The molecule has 0 bridgehead atoms. The van der Waals surface area contributed by atoms with Crippen molar-refractivity contribution in [3.63, 3.8) is 0 Å². The van der Waals surface area contributed by atoms with Gasteiger partial charge in [0.15, 0.2) is 0 Å². The first-order chi connectivity index (χ1) is 9.70. The Labute approximate surface area is 130 Å². The Morgan fingerprint density at radius 2 is 1.71 bits per heavy atom. The van der Waals surface area contributed by atoms with Gasteiger partial charge >= 0.3 is 0 Å². The number of rotatable bonds is 3. The molecule has 21 heavy (non-hydrogen) atoms. The molecule has 0 amide bonds. The smallest absolute Gasteiger partial charge is 0.262 e. The van der Waals surface area contributed by atoms with Gasteiger partial charge in [0.1, 0.15) is 0 Å². The molecule has 0 aliphatic carbocycles. The van der Waals surface area contributed by atoms with Crippen molar-refractivity contribution in [1.29, 1.82) is 0 Å². The molecular weight excluding hydrogens is 308 g/mol. The summed E-state index contributed by atoms with van der Waals surface area (Å²) in [6.45, 7) is 5.55. The molecule has 6 heteroatoms. The van der Waals surface area contributed by atoms with E-state index in [-0.39, 0.29) is 4.90 Å². The second kappa shape index (κ2) is 5.58. The minimum Gasteiger partial charge on any atom is -0.398 e. The molecule has 0 saturated carbocycles. The zero-order chi connectivity index (χ0) is 15.8. The van der Waals surface area contributed by atoms with Crippen LogP contribution >= 0.6 is 11.6 Å². The summed E-state index contributed by atoms with van der Waals surface area (Å²) in [5.41, 5.74) is 9.23. The Hall–Kier alpha value is -1.72. The fourth-order valence-electron chi connectivity index (χ4n) is 1.97. The number of aryl methyl sites for hydroxylation is 2. The molecule has 0 spiro atoms. The van der Waals surface area contributed by atoms with Crippen LogP contribution in [0.2, 0.25) is 5.02 Å². The van der Waals surface area contributed by atoms with Crippen LogP contribution in [0.4, 0.5) is 11.4 Å².